The molecule has 19 heavy (non-hydrogen) atoms. The van der Waals surface area contributed by atoms with Gasteiger partial charge in [-0.05, 0) is 37.6 Å². The molecule has 1 N–H and O–H groups in total. The van der Waals surface area contributed by atoms with Crippen molar-refractivity contribution in [3.63, 3.8) is 0 Å². The molecule has 1 aromatic heterocycles. The molecule has 2 aliphatic rings. The molecule has 3 nitrogen and oxygen atoms in total. The van der Waals surface area contributed by atoms with Gasteiger partial charge in [0.25, 0.3) is 0 Å². The maximum absolute atomic E-state index is 5.97. The Hall–Kier alpha value is -0.830. The van der Waals surface area contributed by atoms with Gasteiger partial charge < -0.3 is 9.73 Å². The topological polar surface area (TPSA) is 38.1 Å². The summed E-state index contributed by atoms with van der Waals surface area (Å²) in [5.41, 5.74) is 0. The van der Waals surface area contributed by atoms with Crippen LogP contribution in [0, 0.1) is 11.8 Å². The fourth-order valence-corrected chi connectivity index (χ4v) is 3.64. The molecule has 0 radical (unpaired) electrons. The zero-order valence-corrected chi connectivity index (χ0v) is 12.2. The van der Waals surface area contributed by atoms with Crippen molar-refractivity contribution in [2.75, 3.05) is 6.54 Å². The fraction of sp³-hybridized carbons (Fsp3) is 0.812. The second kappa shape index (κ2) is 5.66. The molecule has 1 aromatic rings. The lowest BCUT2D eigenvalue weighted by Crippen LogP contribution is -2.23. The van der Waals surface area contributed by atoms with E-state index >= 15 is 0 Å². The minimum Gasteiger partial charge on any atom is -0.445 e. The number of oxazole rings is 1. The van der Waals surface area contributed by atoms with Crippen LogP contribution in [-0.4, -0.2) is 17.6 Å². The van der Waals surface area contributed by atoms with E-state index in [0.29, 0.717) is 12.0 Å². The molecular formula is C16H26N2O. The lowest BCUT2D eigenvalue weighted by atomic mass is 10.0. The van der Waals surface area contributed by atoms with Crippen molar-refractivity contribution in [2.24, 2.45) is 11.8 Å². The van der Waals surface area contributed by atoms with Crippen LogP contribution in [0.1, 0.15) is 63.5 Å². The number of nitrogens with one attached hydrogen (secondary N) is 1. The molecule has 106 valence electrons. The predicted octanol–water partition coefficient (Wildman–Crippen LogP) is 3.51. The molecule has 3 heteroatoms. The number of fused-ring (bicyclic) bond motifs is 1. The van der Waals surface area contributed by atoms with Crippen LogP contribution in [0.15, 0.2) is 10.6 Å². The molecule has 2 atom stereocenters. The van der Waals surface area contributed by atoms with Gasteiger partial charge in [0, 0.05) is 18.4 Å². The molecule has 3 rings (SSSR count). The average Bonchev–Trinajstić information content (AvgIpc) is 2.95. The van der Waals surface area contributed by atoms with Gasteiger partial charge in [0.05, 0.1) is 6.20 Å². The summed E-state index contributed by atoms with van der Waals surface area (Å²) in [5, 5.41) is 3.43. The average molecular weight is 262 g/mol. The monoisotopic (exact) mass is 262 g/mol. The number of hydrogen-bond acceptors (Lipinski definition) is 3. The first-order valence-electron chi connectivity index (χ1n) is 7.93. The van der Waals surface area contributed by atoms with E-state index in [4.69, 9.17) is 4.42 Å². The molecule has 0 aliphatic heterocycles. The van der Waals surface area contributed by atoms with Crippen LogP contribution >= 0.6 is 0 Å². The van der Waals surface area contributed by atoms with Crippen LogP contribution in [-0.2, 0) is 6.42 Å². The number of rotatable bonds is 6. The number of hydrogen-bond donors (Lipinski definition) is 1. The molecular weight excluding hydrogens is 236 g/mol. The highest BCUT2D eigenvalue weighted by Crippen LogP contribution is 2.61. The van der Waals surface area contributed by atoms with Gasteiger partial charge in [-0.25, -0.2) is 4.98 Å². The van der Waals surface area contributed by atoms with Crippen LogP contribution in [0.5, 0.6) is 0 Å². The zero-order valence-electron chi connectivity index (χ0n) is 12.2. The third-order valence-electron chi connectivity index (χ3n) is 4.68. The highest BCUT2D eigenvalue weighted by atomic mass is 16.4. The summed E-state index contributed by atoms with van der Waals surface area (Å²) in [5.74, 6) is 4.64. The van der Waals surface area contributed by atoms with Gasteiger partial charge in [0.2, 0.25) is 0 Å². The Morgan fingerprint density at radius 3 is 2.74 bits per heavy atom. The zero-order chi connectivity index (χ0) is 13.2. The largest absolute Gasteiger partial charge is 0.445 e. The van der Waals surface area contributed by atoms with Gasteiger partial charge in [-0.1, -0.05) is 26.7 Å². The molecule has 0 amide bonds. The normalized spacial score (nSPS) is 29.5. The van der Waals surface area contributed by atoms with Crippen LogP contribution in [0.25, 0.3) is 0 Å². The van der Waals surface area contributed by atoms with E-state index in [1.165, 1.54) is 31.4 Å². The third-order valence-corrected chi connectivity index (χ3v) is 4.68. The molecule has 2 saturated carbocycles. The smallest absolute Gasteiger partial charge is 0.194 e. The summed E-state index contributed by atoms with van der Waals surface area (Å²) in [4.78, 5) is 4.46. The molecule has 2 fully saturated rings. The van der Waals surface area contributed by atoms with E-state index in [1.54, 1.807) is 0 Å². The van der Waals surface area contributed by atoms with Crippen molar-refractivity contribution < 1.29 is 4.42 Å². The number of nitrogens with zero attached hydrogens (tertiary/aromatic N) is 1. The van der Waals surface area contributed by atoms with Crippen molar-refractivity contribution in [1.29, 1.82) is 0 Å². The van der Waals surface area contributed by atoms with E-state index in [9.17, 15) is 0 Å². The van der Waals surface area contributed by atoms with E-state index in [0.717, 1.165) is 37.1 Å². The van der Waals surface area contributed by atoms with Gasteiger partial charge in [-0.2, -0.15) is 0 Å². The highest BCUT2D eigenvalue weighted by molar-refractivity contribution is 5.18. The predicted molar refractivity (Wildman–Crippen MR) is 76.2 cm³/mol. The van der Waals surface area contributed by atoms with E-state index in [-0.39, 0.29) is 0 Å². The second-order valence-electron chi connectivity index (χ2n) is 6.51. The highest BCUT2D eigenvalue weighted by Gasteiger charge is 2.53. The van der Waals surface area contributed by atoms with Crippen molar-refractivity contribution in [1.82, 2.24) is 10.3 Å². The van der Waals surface area contributed by atoms with Crippen LogP contribution < -0.4 is 5.32 Å². The van der Waals surface area contributed by atoms with Crippen LogP contribution in [0.4, 0.5) is 0 Å². The van der Waals surface area contributed by atoms with Crippen LogP contribution in [0.2, 0.25) is 0 Å². The van der Waals surface area contributed by atoms with E-state index < -0.39 is 0 Å². The maximum atomic E-state index is 5.97. The Morgan fingerprint density at radius 1 is 1.32 bits per heavy atom. The summed E-state index contributed by atoms with van der Waals surface area (Å²) in [6, 6.07) is 0.565. The van der Waals surface area contributed by atoms with E-state index in [2.05, 4.69) is 24.1 Å². The summed E-state index contributed by atoms with van der Waals surface area (Å²) >= 11 is 0. The van der Waals surface area contributed by atoms with Gasteiger partial charge in [-0.3, -0.25) is 0 Å². The summed E-state index contributed by atoms with van der Waals surface area (Å²) in [7, 11) is 0. The van der Waals surface area contributed by atoms with Gasteiger partial charge in [0.15, 0.2) is 5.89 Å². The molecule has 0 aromatic carbocycles. The van der Waals surface area contributed by atoms with E-state index in [1.807, 2.05) is 6.20 Å². The minimum absolute atomic E-state index is 0.565. The van der Waals surface area contributed by atoms with Crippen molar-refractivity contribution in [3.8, 4) is 0 Å². The first-order valence-corrected chi connectivity index (χ1v) is 7.93. The molecule has 2 unspecified atom stereocenters. The van der Waals surface area contributed by atoms with Crippen molar-refractivity contribution in [3.05, 3.63) is 17.8 Å². The summed E-state index contributed by atoms with van der Waals surface area (Å²) in [6.45, 7) is 5.40. The van der Waals surface area contributed by atoms with Crippen molar-refractivity contribution >= 4 is 0 Å². The first-order chi connectivity index (χ1) is 9.25. The lowest BCUT2D eigenvalue weighted by molar-refractivity contribution is 0.437. The quantitative estimate of drug-likeness (QED) is 0.797. The SMILES string of the molecule is CC(C)NCCCc1ncc(C2C3CCCCC32)o1. The molecule has 0 saturated heterocycles. The maximum Gasteiger partial charge on any atom is 0.194 e. The number of aromatic nitrogens is 1. The minimum atomic E-state index is 0.565. The molecule has 1 heterocycles. The molecule has 0 bridgehead atoms. The molecule has 2 aliphatic carbocycles. The Morgan fingerprint density at radius 2 is 2.05 bits per heavy atom. The molecule has 0 spiro atoms. The van der Waals surface area contributed by atoms with Gasteiger partial charge in [-0.15, -0.1) is 0 Å². The van der Waals surface area contributed by atoms with Crippen LogP contribution in [0.3, 0.4) is 0 Å². The summed E-state index contributed by atoms with van der Waals surface area (Å²) in [6.07, 6.45) is 9.71. The Labute approximate surface area is 116 Å². The Balaban J connectivity index is 1.47. The Kier molecular flexibility index (Phi) is 3.92. The summed E-state index contributed by atoms with van der Waals surface area (Å²) < 4.78 is 5.97. The standard InChI is InChI=1S/C16H26N2O/c1-11(2)17-9-5-8-15-18-10-14(19-15)16-12-6-3-4-7-13(12)16/h10-13,16-17H,3-9H2,1-2H3. The first kappa shape index (κ1) is 13.2. The fourth-order valence-electron chi connectivity index (χ4n) is 3.64. The second-order valence-corrected chi connectivity index (χ2v) is 6.51. The number of aryl methyl sites for hydroxylation is 1. The Bertz CT molecular complexity index is 401. The third kappa shape index (κ3) is 3.02. The lowest BCUT2D eigenvalue weighted by Gasteiger charge is -2.05. The van der Waals surface area contributed by atoms with Gasteiger partial charge in [0.1, 0.15) is 5.76 Å². The van der Waals surface area contributed by atoms with Crippen molar-refractivity contribution in [2.45, 2.75) is 64.3 Å². The van der Waals surface area contributed by atoms with Gasteiger partial charge >= 0.3 is 0 Å².